The number of hydrogen-bond acceptors (Lipinski definition) is 4. The maximum atomic E-state index is 9.45. The normalized spacial score (nSPS) is 15.3. The van der Waals surface area contributed by atoms with Crippen LogP contribution in [0.4, 0.5) is 0 Å². The molecule has 0 aliphatic carbocycles. The van der Waals surface area contributed by atoms with Gasteiger partial charge in [-0.15, -0.1) is 0 Å². The highest BCUT2D eigenvalue weighted by Gasteiger charge is 2.19. The zero-order valence-corrected chi connectivity index (χ0v) is 27.9. The SMILES string of the molecule is [2H]c1c([2H])c(-n2c3c([2H])c([2H])c([2H])c([2H])c3c3c([2H])c4c([2H])c([2H])c([2H])c([2H])c4c([2H])c32)c([2H])c([2H])c1-c1ccc2c(c1)oc1cccc(-c3nc(-c4ccccc4)nc(-c4ccccc4)n3)c12. The summed E-state index contributed by atoms with van der Waals surface area (Å²) in [6.45, 7) is 0. The fraction of sp³-hybridized carbons (Fsp3) is 0. The number of hydrogen-bond donors (Lipinski definition) is 0. The number of furan rings is 1. The third kappa shape index (κ3) is 4.90. The molecule has 5 nitrogen and oxygen atoms in total. The summed E-state index contributed by atoms with van der Waals surface area (Å²) in [7, 11) is 0. The van der Waals surface area contributed by atoms with Gasteiger partial charge in [-0.1, -0.05) is 133 Å². The van der Waals surface area contributed by atoms with Crippen molar-refractivity contribution in [2.24, 2.45) is 0 Å². The Labute approximate surface area is 330 Å². The van der Waals surface area contributed by atoms with Crippen LogP contribution in [0.25, 0.3) is 105 Å². The molecule has 0 aliphatic heterocycles. The van der Waals surface area contributed by atoms with Gasteiger partial charge >= 0.3 is 0 Å². The van der Waals surface area contributed by atoms with Crippen molar-refractivity contribution in [3.8, 4) is 51.0 Å². The van der Waals surface area contributed by atoms with Gasteiger partial charge in [0.2, 0.25) is 0 Å². The first-order valence-corrected chi connectivity index (χ1v) is 17.0. The summed E-state index contributed by atoms with van der Waals surface area (Å²) in [4.78, 5) is 14.6. The predicted molar refractivity (Wildman–Crippen MR) is 221 cm³/mol. The van der Waals surface area contributed by atoms with E-state index in [9.17, 15) is 8.22 Å². The van der Waals surface area contributed by atoms with Crippen LogP contribution in [-0.4, -0.2) is 19.5 Å². The lowest BCUT2D eigenvalue weighted by molar-refractivity contribution is 0.669. The second-order valence-corrected chi connectivity index (χ2v) is 12.5. The van der Waals surface area contributed by atoms with E-state index in [1.54, 1.807) is 24.3 Å². The summed E-state index contributed by atoms with van der Waals surface area (Å²) in [6, 6.07) is 20.7. The lowest BCUT2D eigenvalue weighted by atomic mass is 10.0. The zero-order chi connectivity index (χ0) is 47.8. The van der Waals surface area contributed by atoms with Crippen LogP contribution in [0, 0.1) is 0 Å². The van der Waals surface area contributed by atoms with Gasteiger partial charge < -0.3 is 8.98 Å². The molecule has 5 heteroatoms. The summed E-state index contributed by atoms with van der Waals surface area (Å²) in [5, 5.41) is 0.0133. The summed E-state index contributed by atoms with van der Waals surface area (Å²) in [5.74, 6) is 1.33. The van der Waals surface area contributed by atoms with E-state index in [1.807, 2.05) is 72.8 Å². The number of aromatic nitrogens is 4. The molecule has 0 radical (unpaired) electrons. The number of benzene rings is 8. The molecule has 0 bridgehead atoms. The van der Waals surface area contributed by atoms with Gasteiger partial charge in [-0.25, -0.2) is 15.0 Å². The van der Waals surface area contributed by atoms with Crippen molar-refractivity contribution >= 4 is 54.5 Å². The Hall–Kier alpha value is -7.37. The molecule has 252 valence electrons. The van der Waals surface area contributed by atoms with E-state index in [0.717, 1.165) is 15.7 Å². The van der Waals surface area contributed by atoms with Crippen LogP contribution in [-0.2, 0) is 0 Å². The van der Waals surface area contributed by atoms with Gasteiger partial charge in [0.1, 0.15) is 11.2 Å². The van der Waals surface area contributed by atoms with Crippen molar-refractivity contribution in [1.82, 2.24) is 19.5 Å². The van der Waals surface area contributed by atoms with E-state index in [1.165, 1.54) is 0 Å². The van der Waals surface area contributed by atoms with Crippen LogP contribution < -0.4 is 0 Å². The molecule has 0 fully saturated rings. The summed E-state index contributed by atoms with van der Waals surface area (Å²) in [6.07, 6.45) is 0. The largest absolute Gasteiger partial charge is 0.456 e. The van der Waals surface area contributed by atoms with Crippen molar-refractivity contribution in [3.05, 3.63) is 182 Å². The van der Waals surface area contributed by atoms with Crippen molar-refractivity contribution in [1.29, 1.82) is 0 Å². The summed E-state index contributed by atoms with van der Waals surface area (Å²) in [5.41, 5.74) is 1.98. The Bertz CT molecular complexity index is 3940. The lowest BCUT2D eigenvalue weighted by Gasteiger charge is -2.10. The molecule has 11 rings (SSSR count). The molecule has 0 saturated carbocycles. The first-order chi connectivity index (χ1) is 32.6. The standard InChI is InChI=1S/C49H30N4O/c1-3-12-32(13-4-1)47-50-48(33-14-5-2-6-15-33)52-49(51-47)40-19-11-21-44-46(40)39-27-24-36(30-45(39)54-44)31-22-25-37(26-23-31)53-42-20-10-9-18-38(42)41-28-34-16-7-8-17-35(34)29-43(41)53/h1-30H/i7D,8D,9D,10D,16D,17D,18D,20D,22D,23D,25D,26D,28D,29D. The van der Waals surface area contributed by atoms with E-state index >= 15 is 0 Å². The Morgan fingerprint density at radius 1 is 0.463 bits per heavy atom. The van der Waals surface area contributed by atoms with Gasteiger partial charge in [0, 0.05) is 43.9 Å². The van der Waals surface area contributed by atoms with E-state index in [-0.39, 0.29) is 43.7 Å². The van der Waals surface area contributed by atoms with Crippen molar-refractivity contribution in [2.45, 2.75) is 0 Å². The molecule has 0 aliphatic rings. The molecular weight excluding hydrogens is 661 g/mol. The van der Waals surface area contributed by atoms with Crippen molar-refractivity contribution in [3.63, 3.8) is 0 Å². The monoisotopic (exact) mass is 704 g/mol. The Morgan fingerprint density at radius 3 is 1.87 bits per heavy atom. The molecule has 11 aromatic rings. The maximum Gasteiger partial charge on any atom is 0.164 e. The minimum absolute atomic E-state index is 0.127. The zero-order valence-electron chi connectivity index (χ0n) is 41.9. The Kier molecular flexibility index (Phi) is 4.36. The minimum atomic E-state index is -0.712. The van der Waals surface area contributed by atoms with Gasteiger partial charge in [-0.2, -0.15) is 0 Å². The van der Waals surface area contributed by atoms with Crippen LogP contribution >= 0.6 is 0 Å². The van der Waals surface area contributed by atoms with E-state index in [2.05, 4.69) is 0 Å². The van der Waals surface area contributed by atoms with Gasteiger partial charge in [0.25, 0.3) is 0 Å². The smallest absolute Gasteiger partial charge is 0.164 e. The number of rotatable bonds is 5. The molecule has 8 aromatic carbocycles. The maximum absolute atomic E-state index is 9.45. The van der Waals surface area contributed by atoms with Gasteiger partial charge in [-0.05, 0) is 70.3 Å². The quantitative estimate of drug-likeness (QED) is 0.179. The average Bonchev–Trinajstić information content (AvgIpc) is 3.91. The van der Waals surface area contributed by atoms with Crippen LogP contribution in [0.5, 0.6) is 0 Å². The molecule has 0 saturated heterocycles. The number of fused-ring (bicyclic) bond motifs is 7. The first kappa shape index (κ1) is 19.5. The Balaban J connectivity index is 1.13. The van der Waals surface area contributed by atoms with Crippen LogP contribution in [0.1, 0.15) is 19.2 Å². The first-order valence-electron chi connectivity index (χ1n) is 24.0. The molecule has 3 aromatic heterocycles. The minimum Gasteiger partial charge on any atom is -0.456 e. The molecule has 3 heterocycles. The van der Waals surface area contributed by atoms with Gasteiger partial charge in [0.05, 0.1) is 30.2 Å². The molecule has 0 amide bonds. The third-order valence-electron chi connectivity index (χ3n) is 9.34. The molecule has 0 N–H and O–H groups in total. The second kappa shape index (κ2) is 12.1. The topological polar surface area (TPSA) is 56.7 Å². The van der Waals surface area contributed by atoms with Crippen LogP contribution in [0.3, 0.4) is 0 Å². The predicted octanol–water partition coefficient (Wildman–Crippen LogP) is 12.7. The van der Waals surface area contributed by atoms with Gasteiger partial charge in [-0.3, -0.25) is 0 Å². The fourth-order valence-corrected chi connectivity index (χ4v) is 6.86. The summed E-state index contributed by atoms with van der Waals surface area (Å²) >= 11 is 0. The second-order valence-electron chi connectivity index (χ2n) is 12.5. The van der Waals surface area contributed by atoms with E-state index in [0.29, 0.717) is 45.0 Å². The lowest BCUT2D eigenvalue weighted by Crippen LogP contribution is -2.00. The Morgan fingerprint density at radius 2 is 1.13 bits per heavy atom. The molecule has 0 spiro atoms. The van der Waals surface area contributed by atoms with Crippen molar-refractivity contribution in [2.75, 3.05) is 0 Å². The highest BCUT2D eigenvalue weighted by atomic mass is 16.3. The molecule has 0 atom stereocenters. The van der Waals surface area contributed by atoms with E-state index in [4.69, 9.17) is 30.3 Å². The van der Waals surface area contributed by atoms with E-state index < -0.39 is 90.3 Å². The van der Waals surface area contributed by atoms with Crippen molar-refractivity contribution < 1.29 is 23.6 Å². The third-order valence-corrected chi connectivity index (χ3v) is 9.34. The fourth-order valence-electron chi connectivity index (χ4n) is 6.86. The van der Waals surface area contributed by atoms with Gasteiger partial charge in [0.15, 0.2) is 17.5 Å². The molecule has 54 heavy (non-hydrogen) atoms. The highest BCUT2D eigenvalue weighted by Crippen LogP contribution is 2.39. The van der Waals surface area contributed by atoms with Crippen LogP contribution in [0.2, 0.25) is 0 Å². The number of nitrogens with zero attached hydrogens (tertiary/aromatic N) is 4. The highest BCUT2D eigenvalue weighted by molar-refractivity contribution is 6.14. The van der Waals surface area contributed by atoms with Crippen LogP contribution in [0.15, 0.2) is 186 Å². The molecule has 0 unspecified atom stereocenters. The number of para-hydroxylation sites is 1. The average molecular weight is 705 g/mol. The summed E-state index contributed by atoms with van der Waals surface area (Å²) < 4.78 is 133. The molecular formula is C49H30N4O.